The Morgan fingerprint density at radius 1 is 1.24 bits per heavy atom. The molecule has 5 heteroatoms. The van der Waals surface area contributed by atoms with E-state index in [1.165, 1.54) is 0 Å². The maximum atomic E-state index is 11.7. The Labute approximate surface area is 125 Å². The van der Waals surface area contributed by atoms with Gasteiger partial charge in [-0.2, -0.15) is 5.06 Å². The topological polar surface area (TPSA) is 38.8 Å². The summed E-state index contributed by atoms with van der Waals surface area (Å²) in [6.45, 7) is 0. The van der Waals surface area contributed by atoms with Crippen LogP contribution in [0, 0.1) is 0 Å². The first-order chi connectivity index (χ1) is 10.2. The van der Waals surface area contributed by atoms with Crippen molar-refractivity contribution in [2.75, 3.05) is 12.2 Å². The molecule has 2 atom stereocenters. The van der Waals surface area contributed by atoms with Crippen LogP contribution >= 0.6 is 9.24 Å². The van der Waals surface area contributed by atoms with Crippen LogP contribution in [0.3, 0.4) is 0 Å². The number of ether oxygens (including phenoxy) is 1. The molecule has 1 fully saturated rings. The number of carbonyl (C=O) groups excluding carboxylic acids is 1. The monoisotopic (exact) mass is 301 g/mol. The van der Waals surface area contributed by atoms with Crippen LogP contribution in [-0.4, -0.2) is 13.1 Å². The minimum atomic E-state index is -0.224. The summed E-state index contributed by atoms with van der Waals surface area (Å²) in [6, 6.07) is 15.4. The molecule has 1 heterocycles. The van der Waals surface area contributed by atoms with Crippen molar-refractivity contribution in [2.45, 2.75) is 12.5 Å². The molecule has 2 unspecified atom stereocenters. The first-order valence-corrected chi connectivity index (χ1v) is 7.25. The van der Waals surface area contributed by atoms with Gasteiger partial charge in [0.25, 0.3) is 0 Å². The third-order valence-electron chi connectivity index (χ3n) is 3.50. The Hall–Kier alpha value is -2.06. The van der Waals surface area contributed by atoms with Gasteiger partial charge in [-0.3, -0.25) is 0 Å². The summed E-state index contributed by atoms with van der Waals surface area (Å²) < 4.78 is 5.35. The van der Waals surface area contributed by atoms with Crippen molar-refractivity contribution in [1.82, 2.24) is 0 Å². The molecule has 3 rings (SSSR count). The SMILES string of the molecule is COc1cc(C2CC(=O)ON2c2ccccc2)ccc1P. The van der Waals surface area contributed by atoms with E-state index in [0.717, 1.165) is 22.3 Å². The molecule has 1 saturated heterocycles. The molecule has 0 N–H and O–H groups in total. The number of carbonyl (C=O) groups is 1. The second-order valence-corrected chi connectivity index (χ2v) is 5.47. The first-order valence-electron chi connectivity index (χ1n) is 6.67. The summed E-state index contributed by atoms with van der Waals surface area (Å²) in [5.74, 6) is 0.558. The van der Waals surface area contributed by atoms with Crippen molar-refractivity contribution >= 4 is 26.2 Å². The summed E-state index contributed by atoms with van der Waals surface area (Å²) in [6.07, 6.45) is 0.328. The third kappa shape index (κ3) is 2.72. The Balaban J connectivity index is 1.97. The molecule has 1 aliphatic heterocycles. The van der Waals surface area contributed by atoms with Crippen LogP contribution in [0.4, 0.5) is 5.69 Å². The zero-order valence-electron chi connectivity index (χ0n) is 11.7. The molecule has 21 heavy (non-hydrogen) atoms. The summed E-state index contributed by atoms with van der Waals surface area (Å²) in [5, 5.41) is 2.65. The van der Waals surface area contributed by atoms with Gasteiger partial charge in [0, 0.05) is 5.30 Å². The van der Waals surface area contributed by atoms with Crippen LogP contribution in [0.5, 0.6) is 5.75 Å². The number of anilines is 1. The molecule has 108 valence electrons. The highest BCUT2D eigenvalue weighted by atomic mass is 31.0. The van der Waals surface area contributed by atoms with Crippen LogP contribution < -0.4 is 15.1 Å². The first kappa shape index (κ1) is 13.9. The van der Waals surface area contributed by atoms with Crippen LogP contribution in [0.15, 0.2) is 48.5 Å². The second kappa shape index (κ2) is 5.74. The lowest BCUT2D eigenvalue weighted by molar-refractivity contribution is -0.139. The minimum Gasteiger partial charge on any atom is -0.496 e. The number of rotatable bonds is 3. The van der Waals surface area contributed by atoms with Crippen LogP contribution in [0.2, 0.25) is 0 Å². The van der Waals surface area contributed by atoms with Crippen molar-refractivity contribution in [3.63, 3.8) is 0 Å². The molecule has 0 bridgehead atoms. The summed E-state index contributed by atoms with van der Waals surface area (Å²) in [4.78, 5) is 17.1. The van der Waals surface area contributed by atoms with Gasteiger partial charge in [-0.25, -0.2) is 4.79 Å². The van der Waals surface area contributed by atoms with Gasteiger partial charge in [0.1, 0.15) is 11.8 Å². The molecule has 0 aliphatic carbocycles. The number of benzene rings is 2. The zero-order chi connectivity index (χ0) is 14.8. The molecular weight excluding hydrogens is 285 g/mol. The number of hydrogen-bond acceptors (Lipinski definition) is 4. The minimum absolute atomic E-state index is 0.139. The van der Waals surface area contributed by atoms with Crippen LogP contribution in [0.25, 0.3) is 0 Å². The predicted molar refractivity (Wildman–Crippen MR) is 84.7 cm³/mol. The zero-order valence-corrected chi connectivity index (χ0v) is 12.8. The van der Waals surface area contributed by atoms with Crippen molar-refractivity contribution < 1.29 is 14.4 Å². The molecule has 4 nitrogen and oxygen atoms in total. The molecule has 2 aromatic carbocycles. The summed E-state index contributed by atoms with van der Waals surface area (Å²) in [7, 11) is 4.27. The lowest BCUT2D eigenvalue weighted by atomic mass is 10.0. The van der Waals surface area contributed by atoms with Gasteiger partial charge in [0.05, 0.1) is 19.2 Å². The van der Waals surface area contributed by atoms with E-state index in [0.29, 0.717) is 6.42 Å². The fraction of sp³-hybridized carbons (Fsp3) is 0.188. The van der Waals surface area contributed by atoms with Crippen LogP contribution in [0.1, 0.15) is 18.0 Å². The maximum Gasteiger partial charge on any atom is 0.334 e. The number of nitrogens with zero attached hydrogens (tertiary/aromatic N) is 1. The Morgan fingerprint density at radius 3 is 2.71 bits per heavy atom. The second-order valence-electron chi connectivity index (χ2n) is 4.85. The maximum absolute atomic E-state index is 11.7. The highest BCUT2D eigenvalue weighted by Crippen LogP contribution is 2.36. The Morgan fingerprint density at radius 2 is 2.00 bits per heavy atom. The number of para-hydroxylation sites is 1. The largest absolute Gasteiger partial charge is 0.496 e. The standard InChI is InChI=1S/C16H16NO3P/c1-19-14-9-11(7-8-15(14)21)13-10-16(18)20-17(13)12-5-3-2-4-6-12/h2-9,13H,10,21H2,1H3. The van der Waals surface area contributed by atoms with Crippen LogP contribution in [-0.2, 0) is 9.63 Å². The van der Waals surface area contributed by atoms with E-state index in [-0.39, 0.29) is 12.0 Å². The van der Waals surface area contributed by atoms with E-state index in [2.05, 4.69) is 9.24 Å². The van der Waals surface area contributed by atoms with Gasteiger partial charge >= 0.3 is 5.97 Å². The smallest absolute Gasteiger partial charge is 0.334 e. The lowest BCUT2D eigenvalue weighted by Gasteiger charge is -2.23. The van der Waals surface area contributed by atoms with Crippen molar-refractivity contribution in [3.05, 3.63) is 54.1 Å². The number of hydrogen-bond donors (Lipinski definition) is 0. The van der Waals surface area contributed by atoms with E-state index in [9.17, 15) is 4.79 Å². The molecule has 2 aromatic rings. The molecule has 0 saturated carbocycles. The Kier molecular flexibility index (Phi) is 3.80. The van der Waals surface area contributed by atoms with Gasteiger partial charge in [0.15, 0.2) is 0 Å². The normalized spacial score (nSPS) is 17.7. The average molecular weight is 301 g/mol. The van der Waals surface area contributed by atoms with E-state index in [4.69, 9.17) is 9.57 Å². The predicted octanol–water partition coefficient (Wildman–Crippen LogP) is 2.61. The van der Waals surface area contributed by atoms with E-state index in [1.54, 1.807) is 12.2 Å². The lowest BCUT2D eigenvalue weighted by Crippen LogP contribution is -2.21. The van der Waals surface area contributed by atoms with Crippen molar-refractivity contribution in [1.29, 1.82) is 0 Å². The average Bonchev–Trinajstić information content (AvgIpc) is 2.90. The summed E-state index contributed by atoms with van der Waals surface area (Å²) in [5.41, 5.74) is 1.86. The van der Waals surface area contributed by atoms with E-state index in [1.807, 2.05) is 48.5 Å². The molecule has 0 radical (unpaired) electrons. The van der Waals surface area contributed by atoms with Crippen molar-refractivity contribution in [2.24, 2.45) is 0 Å². The highest BCUT2D eigenvalue weighted by Gasteiger charge is 2.34. The number of methoxy groups -OCH3 is 1. The molecule has 0 aromatic heterocycles. The number of hydroxylamine groups is 1. The third-order valence-corrected chi connectivity index (χ3v) is 3.97. The summed E-state index contributed by atoms with van der Waals surface area (Å²) >= 11 is 0. The molecule has 1 aliphatic rings. The fourth-order valence-corrected chi connectivity index (χ4v) is 2.74. The highest BCUT2D eigenvalue weighted by molar-refractivity contribution is 7.27. The quantitative estimate of drug-likeness (QED) is 0.817. The fourth-order valence-electron chi connectivity index (χ4n) is 2.45. The van der Waals surface area contributed by atoms with Gasteiger partial charge in [-0.1, -0.05) is 30.3 Å². The van der Waals surface area contributed by atoms with E-state index >= 15 is 0 Å². The van der Waals surface area contributed by atoms with Crippen molar-refractivity contribution in [3.8, 4) is 5.75 Å². The molecule has 0 spiro atoms. The van der Waals surface area contributed by atoms with Gasteiger partial charge in [-0.05, 0) is 23.8 Å². The van der Waals surface area contributed by atoms with E-state index < -0.39 is 0 Å². The van der Waals surface area contributed by atoms with Gasteiger partial charge < -0.3 is 9.57 Å². The molecule has 0 amide bonds. The van der Waals surface area contributed by atoms with Gasteiger partial charge in [-0.15, -0.1) is 9.24 Å². The molecular formula is C16H16NO3P. The Bertz CT molecular complexity index is 660. The van der Waals surface area contributed by atoms with Gasteiger partial charge in [0.2, 0.25) is 0 Å².